The van der Waals surface area contributed by atoms with E-state index in [0.29, 0.717) is 23.9 Å². The Bertz CT molecular complexity index is 647. The summed E-state index contributed by atoms with van der Waals surface area (Å²) in [4.78, 5) is 4.53. The van der Waals surface area contributed by atoms with Gasteiger partial charge in [-0.25, -0.2) is 0 Å². The molecule has 0 spiro atoms. The van der Waals surface area contributed by atoms with Gasteiger partial charge in [0.05, 0.1) is 6.20 Å². The molecule has 4 heterocycles. The van der Waals surface area contributed by atoms with E-state index in [-0.39, 0.29) is 0 Å². The molecule has 0 saturated carbocycles. The van der Waals surface area contributed by atoms with Crippen LogP contribution in [-0.2, 0) is 7.05 Å². The van der Waals surface area contributed by atoms with Gasteiger partial charge in [0.15, 0.2) is 5.82 Å². The molecule has 2 saturated heterocycles. The van der Waals surface area contributed by atoms with Gasteiger partial charge in [-0.1, -0.05) is 5.16 Å². The Morgan fingerprint density at radius 3 is 2.81 bits per heavy atom. The highest BCUT2D eigenvalue weighted by Crippen LogP contribution is 2.35. The average molecular weight is 285 g/mol. The number of hydrogen-bond acceptors (Lipinski definition) is 5. The summed E-state index contributed by atoms with van der Waals surface area (Å²) >= 11 is 0. The minimum Gasteiger partial charge on any atom is -0.335 e. The number of rotatable bonds is 3. The molecular weight excluding hydrogens is 266 g/mol. The van der Waals surface area contributed by atoms with E-state index in [9.17, 15) is 0 Å². The van der Waals surface area contributed by atoms with Gasteiger partial charge in [-0.3, -0.25) is 4.68 Å². The second kappa shape index (κ2) is 5.11. The smallest absolute Gasteiger partial charge is 0.250 e. The quantitative estimate of drug-likeness (QED) is 0.933. The van der Waals surface area contributed by atoms with Gasteiger partial charge in [0.2, 0.25) is 0 Å². The third-order valence-electron chi connectivity index (χ3n) is 4.44. The summed E-state index contributed by atoms with van der Waals surface area (Å²) in [5.41, 5.74) is 1.03. The molecule has 2 aromatic heterocycles. The minimum absolute atomic E-state index is 0.438. The van der Waals surface area contributed by atoms with Gasteiger partial charge >= 0.3 is 0 Å². The summed E-state index contributed by atoms with van der Waals surface area (Å²) < 4.78 is 7.11. The first-order valence-corrected chi connectivity index (χ1v) is 7.52. The van der Waals surface area contributed by atoms with E-state index in [2.05, 4.69) is 20.6 Å². The van der Waals surface area contributed by atoms with Crippen LogP contribution in [0.25, 0.3) is 12.2 Å². The van der Waals surface area contributed by atoms with Crippen LogP contribution in [0.3, 0.4) is 0 Å². The maximum atomic E-state index is 5.34. The normalized spacial score (nSPS) is 28.5. The zero-order chi connectivity index (χ0) is 14.2. The monoisotopic (exact) mass is 285 g/mol. The van der Waals surface area contributed by atoms with Gasteiger partial charge in [-0.05, 0) is 31.8 Å². The number of piperidine rings is 1. The van der Waals surface area contributed by atoms with Crippen LogP contribution in [0.2, 0.25) is 0 Å². The van der Waals surface area contributed by atoms with E-state index in [1.54, 1.807) is 10.9 Å². The van der Waals surface area contributed by atoms with Crippen LogP contribution in [0.15, 0.2) is 16.9 Å². The van der Waals surface area contributed by atoms with Crippen LogP contribution >= 0.6 is 0 Å². The SMILES string of the molecule is Cn1cc(/C=C/c2nc(C3CC4CCC(C3)N4)no2)cn1. The summed E-state index contributed by atoms with van der Waals surface area (Å²) in [5.74, 6) is 1.87. The molecule has 2 aromatic rings. The first-order chi connectivity index (χ1) is 10.3. The second-order valence-electron chi connectivity index (χ2n) is 6.08. The molecule has 0 aliphatic carbocycles. The lowest BCUT2D eigenvalue weighted by molar-refractivity contribution is 0.338. The zero-order valence-corrected chi connectivity index (χ0v) is 12.1. The molecule has 0 amide bonds. The van der Waals surface area contributed by atoms with Crippen molar-refractivity contribution >= 4 is 12.2 Å². The number of aryl methyl sites for hydroxylation is 1. The second-order valence-corrected chi connectivity index (χ2v) is 6.08. The number of aromatic nitrogens is 4. The molecule has 6 heteroatoms. The molecule has 2 aliphatic heterocycles. The maximum Gasteiger partial charge on any atom is 0.250 e. The lowest BCUT2D eigenvalue weighted by atomic mass is 9.92. The number of nitrogens with one attached hydrogen (secondary N) is 1. The topological polar surface area (TPSA) is 68.8 Å². The lowest BCUT2D eigenvalue weighted by Crippen LogP contribution is -2.37. The van der Waals surface area contributed by atoms with E-state index in [4.69, 9.17) is 4.52 Å². The van der Waals surface area contributed by atoms with E-state index in [1.165, 1.54) is 12.8 Å². The van der Waals surface area contributed by atoms with E-state index in [1.807, 2.05) is 25.4 Å². The predicted molar refractivity (Wildman–Crippen MR) is 78.4 cm³/mol. The summed E-state index contributed by atoms with van der Waals surface area (Å²) in [6, 6.07) is 1.28. The standard InChI is InChI=1S/C15H19N5O/c1-20-9-10(8-16-20)2-5-14-18-15(19-21-14)11-6-12-3-4-13(7-11)17-12/h2,5,8-9,11-13,17H,3-4,6-7H2,1H3/b5-2+. The van der Waals surface area contributed by atoms with E-state index < -0.39 is 0 Å². The first kappa shape index (κ1) is 12.8. The van der Waals surface area contributed by atoms with Crippen molar-refractivity contribution in [2.45, 2.75) is 43.7 Å². The van der Waals surface area contributed by atoms with Gasteiger partial charge in [0, 0.05) is 42.9 Å². The molecule has 0 aromatic carbocycles. The van der Waals surface area contributed by atoms with Gasteiger partial charge < -0.3 is 9.84 Å². The first-order valence-electron chi connectivity index (χ1n) is 7.52. The zero-order valence-electron chi connectivity index (χ0n) is 12.1. The van der Waals surface area contributed by atoms with Crippen LogP contribution in [0.5, 0.6) is 0 Å². The third-order valence-corrected chi connectivity index (χ3v) is 4.44. The van der Waals surface area contributed by atoms with Crippen molar-refractivity contribution in [3.8, 4) is 0 Å². The Hall–Kier alpha value is -1.95. The Morgan fingerprint density at radius 1 is 1.29 bits per heavy atom. The van der Waals surface area contributed by atoms with Crippen molar-refractivity contribution in [2.24, 2.45) is 7.05 Å². The van der Waals surface area contributed by atoms with Gasteiger partial charge in [0.1, 0.15) is 0 Å². The maximum absolute atomic E-state index is 5.34. The summed E-state index contributed by atoms with van der Waals surface area (Å²) in [6.07, 6.45) is 12.4. The van der Waals surface area contributed by atoms with Crippen molar-refractivity contribution in [2.75, 3.05) is 0 Å². The molecule has 2 aliphatic rings. The van der Waals surface area contributed by atoms with Crippen molar-refractivity contribution in [3.05, 3.63) is 29.7 Å². The molecule has 6 nitrogen and oxygen atoms in total. The summed E-state index contributed by atoms with van der Waals surface area (Å²) in [7, 11) is 1.90. The van der Waals surface area contributed by atoms with E-state index >= 15 is 0 Å². The molecule has 2 unspecified atom stereocenters. The summed E-state index contributed by atoms with van der Waals surface area (Å²) in [5, 5.41) is 11.9. The molecule has 1 N–H and O–H groups in total. The van der Waals surface area contributed by atoms with Crippen LogP contribution < -0.4 is 5.32 Å². The van der Waals surface area contributed by atoms with Crippen LogP contribution in [-0.4, -0.2) is 32.0 Å². The Balaban J connectivity index is 1.47. The summed E-state index contributed by atoms with van der Waals surface area (Å²) in [6.45, 7) is 0. The highest BCUT2D eigenvalue weighted by Gasteiger charge is 2.35. The van der Waals surface area contributed by atoms with Gasteiger partial charge in [0.25, 0.3) is 5.89 Å². The minimum atomic E-state index is 0.438. The molecule has 2 bridgehead atoms. The number of hydrogen-bond donors (Lipinski definition) is 1. The number of nitrogens with zero attached hydrogens (tertiary/aromatic N) is 4. The Labute approximate surface area is 123 Å². The fourth-order valence-corrected chi connectivity index (χ4v) is 3.44. The Morgan fingerprint density at radius 2 is 2.10 bits per heavy atom. The largest absolute Gasteiger partial charge is 0.335 e. The highest BCUT2D eigenvalue weighted by atomic mass is 16.5. The van der Waals surface area contributed by atoms with Crippen molar-refractivity contribution in [1.29, 1.82) is 0 Å². The van der Waals surface area contributed by atoms with Crippen LogP contribution in [0.1, 0.15) is 48.9 Å². The van der Waals surface area contributed by atoms with E-state index in [0.717, 1.165) is 24.2 Å². The fourth-order valence-electron chi connectivity index (χ4n) is 3.44. The molecule has 110 valence electrons. The van der Waals surface area contributed by atoms with Crippen LogP contribution in [0, 0.1) is 0 Å². The third kappa shape index (κ3) is 2.63. The van der Waals surface area contributed by atoms with Crippen molar-refractivity contribution < 1.29 is 4.52 Å². The molecule has 4 rings (SSSR count). The van der Waals surface area contributed by atoms with Gasteiger partial charge in [-0.2, -0.15) is 10.1 Å². The number of fused-ring (bicyclic) bond motifs is 2. The molecule has 2 atom stereocenters. The van der Waals surface area contributed by atoms with Gasteiger partial charge in [-0.15, -0.1) is 0 Å². The lowest BCUT2D eigenvalue weighted by Gasteiger charge is -2.26. The van der Waals surface area contributed by atoms with Crippen molar-refractivity contribution in [3.63, 3.8) is 0 Å². The highest BCUT2D eigenvalue weighted by molar-refractivity contribution is 5.64. The van der Waals surface area contributed by atoms with Crippen LogP contribution in [0.4, 0.5) is 0 Å². The molecule has 2 fully saturated rings. The molecule has 21 heavy (non-hydrogen) atoms. The molecular formula is C15H19N5O. The van der Waals surface area contributed by atoms with Crippen molar-refractivity contribution in [1.82, 2.24) is 25.2 Å². The predicted octanol–water partition coefficient (Wildman–Crippen LogP) is 1.97. The molecule has 0 radical (unpaired) electrons. The fraction of sp³-hybridized carbons (Fsp3) is 0.533. The Kier molecular flexibility index (Phi) is 3.11. The average Bonchev–Trinajstić information content (AvgIpc) is 3.18.